The lowest BCUT2D eigenvalue weighted by atomic mass is 9.91. The average Bonchev–Trinajstić information content (AvgIpc) is 3.22. The Bertz CT molecular complexity index is 1170. The van der Waals surface area contributed by atoms with Crippen molar-refractivity contribution in [3.05, 3.63) is 64.5 Å². The summed E-state index contributed by atoms with van der Waals surface area (Å²) in [7, 11) is 1.35. The number of hydrogen-bond acceptors (Lipinski definition) is 3. The van der Waals surface area contributed by atoms with Crippen LogP contribution in [0.15, 0.2) is 36.7 Å². The van der Waals surface area contributed by atoms with Gasteiger partial charge in [0.1, 0.15) is 0 Å². The summed E-state index contributed by atoms with van der Waals surface area (Å²) < 4.78 is 80.3. The first-order chi connectivity index (χ1) is 17.2. The van der Waals surface area contributed by atoms with Gasteiger partial charge < -0.3 is 14.7 Å². The number of pyridine rings is 1. The average molecular weight is 528 g/mol. The van der Waals surface area contributed by atoms with Crippen molar-refractivity contribution in [3.8, 4) is 0 Å². The quantitative estimate of drug-likeness (QED) is 0.489. The number of fused-ring (bicyclic) bond motifs is 1. The van der Waals surface area contributed by atoms with Crippen molar-refractivity contribution < 1.29 is 35.9 Å². The maximum Gasteiger partial charge on any atom is 0.416 e. The van der Waals surface area contributed by atoms with Crippen molar-refractivity contribution in [1.29, 1.82) is 0 Å². The standard InChI is InChI=1S/C25H26F6N4O2/c1-14-13-32-7-6-19(14)22-20-4-5-21(36)34(20)8-9-35(22)23(37)33(3)15(2)16-10-17(24(26,27)28)12-18(11-16)25(29,30)31/h6-7,10-13,15,20,22H,4-5,8-9H2,1-3H3. The number of benzene rings is 1. The molecule has 12 heteroatoms. The minimum absolute atomic E-state index is 0.0147. The first-order valence-electron chi connectivity index (χ1n) is 11.7. The van der Waals surface area contributed by atoms with Gasteiger partial charge >= 0.3 is 18.4 Å². The van der Waals surface area contributed by atoms with Crippen LogP contribution in [0.2, 0.25) is 0 Å². The normalized spacial score (nSPS) is 21.2. The second kappa shape index (κ2) is 9.53. The van der Waals surface area contributed by atoms with E-state index in [1.165, 1.54) is 14.0 Å². The zero-order valence-electron chi connectivity index (χ0n) is 20.4. The Kier molecular flexibility index (Phi) is 6.89. The summed E-state index contributed by atoms with van der Waals surface area (Å²) in [6.45, 7) is 3.67. The molecule has 2 fully saturated rings. The maximum atomic E-state index is 13.7. The summed E-state index contributed by atoms with van der Waals surface area (Å²) >= 11 is 0. The molecule has 3 amide bonds. The van der Waals surface area contributed by atoms with Crippen molar-refractivity contribution in [1.82, 2.24) is 19.7 Å². The molecule has 1 aromatic heterocycles. The molecular formula is C25H26F6N4O2. The van der Waals surface area contributed by atoms with Gasteiger partial charge in [-0.15, -0.1) is 0 Å². The lowest BCUT2D eigenvalue weighted by Crippen LogP contribution is -2.57. The Labute approximate surface area is 209 Å². The van der Waals surface area contributed by atoms with Gasteiger partial charge in [0.15, 0.2) is 0 Å². The topological polar surface area (TPSA) is 56.8 Å². The molecule has 1 aromatic carbocycles. The number of piperazine rings is 1. The molecule has 3 unspecified atom stereocenters. The molecule has 2 saturated heterocycles. The number of amides is 3. The zero-order valence-corrected chi connectivity index (χ0v) is 20.4. The van der Waals surface area contributed by atoms with Gasteiger partial charge in [0.2, 0.25) is 5.91 Å². The van der Waals surface area contributed by atoms with E-state index in [-0.39, 0.29) is 30.1 Å². The summed E-state index contributed by atoms with van der Waals surface area (Å²) in [6, 6.07) is 0.633. The Morgan fingerprint density at radius 3 is 2.27 bits per heavy atom. The van der Waals surface area contributed by atoms with E-state index >= 15 is 0 Å². The van der Waals surface area contributed by atoms with Gasteiger partial charge in [-0.3, -0.25) is 9.78 Å². The van der Waals surface area contributed by atoms with Crippen LogP contribution in [0.25, 0.3) is 0 Å². The summed E-state index contributed by atoms with van der Waals surface area (Å²) in [6.07, 6.45) is -5.90. The molecule has 6 nitrogen and oxygen atoms in total. The highest BCUT2D eigenvalue weighted by molar-refractivity contribution is 5.81. The van der Waals surface area contributed by atoms with Crippen molar-refractivity contribution in [2.75, 3.05) is 20.1 Å². The maximum absolute atomic E-state index is 13.7. The first kappa shape index (κ1) is 26.7. The summed E-state index contributed by atoms with van der Waals surface area (Å²) in [5.41, 5.74) is -1.58. The molecule has 0 saturated carbocycles. The Morgan fingerprint density at radius 2 is 1.70 bits per heavy atom. The third kappa shape index (κ3) is 5.10. The van der Waals surface area contributed by atoms with Gasteiger partial charge in [-0.05, 0) is 61.2 Å². The van der Waals surface area contributed by atoms with Gasteiger partial charge in [-0.1, -0.05) is 0 Å². The van der Waals surface area contributed by atoms with Gasteiger partial charge in [-0.25, -0.2) is 4.79 Å². The number of rotatable bonds is 3. The Balaban J connectivity index is 1.69. The van der Waals surface area contributed by atoms with Crippen molar-refractivity contribution in [3.63, 3.8) is 0 Å². The molecular weight excluding hydrogens is 502 g/mol. The minimum Gasteiger partial charge on any atom is -0.335 e. The predicted molar refractivity (Wildman–Crippen MR) is 121 cm³/mol. The van der Waals surface area contributed by atoms with Crippen LogP contribution >= 0.6 is 0 Å². The fourth-order valence-corrected chi connectivity index (χ4v) is 5.15. The fourth-order valence-electron chi connectivity index (χ4n) is 5.15. The van der Waals surface area contributed by atoms with E-state index in [1.54, 1.807) is 28.3 Å². The molecule has 0 bridgehead atoms. The second-order valence-corrected chi connectivity index (χ2v) is 9.47. The van der Waals surface area contributed by atoms with Crippen LogP contribution in [0.3, 0.4) is 0 Å². The summed E-state index contributed by atoms with van der Waals surface area (Å²) in [5.74, 6) is -0.0147. The van der Waals surface area contributed by atoms with Crippen LogP contribution in [0.1, 0.15) is 59.7 Å². The largest absolute Gasteiger partial charge is 0.416 e. The summed E-state index contributed by atoms with van der Waals surface area (Å²) in [5, 5.41) is 0. The van der Waals surface area contributed by atoms with Crippen LogP contribution in [0, 0.1) is 6.92 Å². The van der Waals surface area contributed by atoms with Crippen molar-refractivity contribution in [2.24, 2.45) is 0 Å². The first-order valence-corrected chi connectivity index (χ1v) is 11.7. The van der Waals surface area contributed by atoms with Crippen molar-refractivity contribution >= 4 is 11.9 Å². The molecule has 4 rings (SSSR count). The number of aromatic nitrogens is 1. The molecule has 3 atom stereocenters. The number of urea groups is 1. The molecule has 37 heavy (non-hydrogen) atoms. The predicted octanol–water partition coefficient (Wildman–Crippen LogP) is 5.59. The number of carbonyl (C=O) groups is 2. The van der Waals surface area contributed by atoms with Crippen LogP contribution < -0.4 is 0 Å². The number of nitrogens with zero attached hydrogens (tertiary/aromatic N) is 4. The van der Waals surface area contributed by atoms with Crippen LogP contribution in [-0.2, 0) is 17.1 Å². The van der Waals surface area contributed by atoms with E-state index in [1.807, 2.05) is 6.92 Å². The van der Waals surface area contributed by atoms with E-state index in [0.717, 1.165) is 16.0 Å². The van der Waals surface area contributed by atoms with Crippen molar-refractivity contribution in [2.45, 2.75) is 57.2 Å². The van der Waals surface area contributed by atoms with Gasteiger partial charge in [0.05, 0.1) is 29.3 Å². The number of halogens is 6. The molecule has 2 aromatic rings. The molecule has 2 aliphatic rings. The second-order valence-electron chi connectivity index (χ2n) is 9.47. The monoisotopic (exact) mass is 528 g/mol. The Hall–Kier alpha value is -3.31. The van der Waals surface area contributed by atoms with E-state index in [9.17, 15) is 35.9 Å². The fraction of sp³-hybridized carbons (Fsp3) is 0.480. The van der Waals surface area contributed by atoms with E-state index < -0.39 is 41.6 Å². The molecule has 0 spiro atoms. The highest BCUT2D eigenvalue weighted by Gasteiger charge is 2.46. The van der Waals surface area contributed by atoms with Gasteiger partial charge in [0, 0.05) is 39.0 Å². The SMILES string of the molecule is Cc1cnccc1C1C2CCC(=O)N2CCN1C(=O)N(C)C(C)c1cc(C(F)(F)F)cc(C(F)(F)F)c1. The summed E-state index contributed by atoms with van der Waals surface area (Å²) in [4.78, 5) is 34.7. The third-order valence-corrected chi connectivity index (χ3v) is 7.26. The van der Waals surface area contributed by atoms with Crippen LogP contribution in [-0.4, -0.2) is 57.8 Å². The van der Waals surface area contributed by atoms with Gasteiger partial charge in [0.25, 0.3) is 0 Å². The highest BCUT2D eigenvalue weighted by Crippen LogP contribution is 2.41. The smallest absolute Gasteiger partial charge is 0.335 e. The number of carbonyl (C=O) groups excluding carboxylic acids is 2. The lowest BCUT2D eigenvalue weighted by molar-refractivity contribution is -0.143. The lowest BCUT2D eigenvalue weighted by Gasteiger charge is -2.47. The minimum atomic E-state index is -4.99. The number of aryl methyl sites for hydroxylation is 1. The van der Waals surface area contributed by atoms with Crippen LogP contribution in [0.5, 0.6) is 0 Å². The molecule has 0 radical (unpaired) electrons. The molecule has 2 aliphatic heterocycles. The highest BCUT2D eigenvalue weighted by atomic mass is 19.4. The molecule has 0 aliphatic carbocycles. The third-order valence-electron chi connectivity index (χ3n) is 7.26. The number of alkyl halides is 6. The molecule has 0 N–H and O–H groups in total. The zero-order chi connectivity index (χ0) is 27.3. The van der Waals surface area contributed by atoms with Crippen LogP contribution in [0.4, 0.5) is 31.1 Å². The molecule has 3 heterocycles. The van der Waals surface area contributed by atoms with Gasteiger partial charge in [-0.2, -0.15) is 26.3 Å². The Morgan fingerprint density at radius 1 is 1.08 bits per heavy atom. The number of hydrogen-bond donors (Lipinski definition) is 0. The molecule has 200 valence electrons. The van der Waals surface area contributed by atoms with E-state index in [0.29, 0.717) is 31.5 Å². The van der Waals surface area contributed by atoms with E-state index in [2.05, 4.69) is 4.98 Å². The van der Waals surface area contributed by atoms with E-state index in [4.69, 9.17) is 0 Å².